The van der Waals surface area contributed by atoms with Crippen LogP contribution in [0.5, 0.6) is 0 Å². The van der Waals surface area contributed by atoms with Crippen LogP contribution in [0.2, 0.25) is 0 Å². The van der Waals surface area contributed by atoms with Gasteiger partial charge in [-0.15, -0.1) is 0 Å². The molecule has 1 aromatic rings. The number of hydrogen-bond donors (Lipinski definition) is 2. The fourth-order valence-corrected chi connectivity index (χ4v) is 2.61. The second-order valence-corrected chi connectivity index (χ2v) is 5.61. The Morgan fingerprint density at radius 2 is 2.24 bits per heavy atom. The third-order valence-electron chi connectivity index (χ3n) is 4.13. The van der Waals surface area contributed by atoms with Crippen molar-refractivity contribution in [2.45, 2.75) is 32.6 Å². The molecule has 0 aromatic carbocycles. The van der Waals surface area contributed by atoms with Crippen LogP contribution in [0.25, 0.3) is 0 Å². The van der Waals surface area contributed by atoms with Crippen LogP contribution in [0.1, 0.15) is 32.6 Å². The number of rotatable bonds is 4. The molecule has 0 unspecified atom stereocenters. The third-order valence-corrected chi connectivity index (χ3v) is 4.13. The quantitative estimate of drug-likeness (QED) is 0.840. The molecule has 1 aromatic heterocycles. The van der Waals surface area contributed by atoms with Gasteiger partial charge in [-0.3, -0.25) is 4.68 Å². The lowest BCUT2D eigenvalue weighted by Crippen LogP contribution is -2.40. The van der Waals surface area contributed by atoms with E-state index in [-0.39, 0.29) is 5.41 Å². The van der Waals surface area contributed by atoms with Gasteiger partial charge in [0.2, 0.25) is 0 Å². The molecule has 1 aliphatic rings. The lowest BCUT2D eigenvalue weighted by atomic mass is 9.71. The van der Waals surface area contributed by atoms with Gasteiger partial charge in [-0.25, -0.2) is 0 Å². The Hall–Kier alpha value is -1.03. The first-order chi connectivity index (χ1) is 8.13. The van der Waals surface area contributed by atoms with Crippen LogP contribution in [0.4, 0.5) is 5.82 Å². The molecule has 0 saturated heterocycles. The molecule has 0 amide bonds. The van der Waals surface area contributed by atoms with E-state index in [0.29, 0.717) is 0 Å². The molecule has 0 spiro atoms. The van der Waals surface area contributed by atoms with Crippen molar-refractivity contribution in [1.82, 2.24) is 9.78 Å². The van der Waals surface area contributed by atoms with E-state index < -0.39 is 0 Å². The van der Waals surface area contributed by atoms with E-state index in [0.717, 1.165) is 24.8 Å². The van der Waals surface area contributed by atoms with E-state index in [9.17, 15) is 0 Å². The van der Waals surface area contributed by atoms with E-state index in [1.54, 1.807) is 0 Å². The molecule has 3 N–H and O–H groups in total. The van der Waals surface area contributed by atoms with Crippen LogP contribution in [0.3, 0.4) is 0 Å². The molecule has 1 heterocycles. The predicted molar refractivity (Wildman–Crippen MR) is 70.8 cm³/mol. The fourth-order valence-electron chi connectivity index (χ4n) is 2.61. The van der Waals surface area contributed by atoms with Gasteiger partial charge in [-0.1, -0.05) is 19.8 Å². The number of hydrogen-bond acceptors (Lipinski definition) is 3. The Balaban J connectivity index is 1.91. The highest BCUT2D eigenvalue weighted by molar-refractivity contribution is 5.32. The molecular weight excluding hydrogens is 212 g/mol. The molecule has 96 valence electrons. The SMILES string of the molecule is CC1CCC(CN)(CNc2ccn(C)n2)CC1. The Morgan fingerprint density at radius 3 is 2.76 bits per heavy atom. The first-order valence-electron chi connectivity index (χ1n) is 6.57. The van der Waals surface area contributed by atoms with Gasteiger partial charge < -0.3 is 11.1 Å². The first-order valence-corrected chi connectivity index (χ1v) is 6.57. The molecule has 4 nitrogen and oxygen atoms in total. The van der Waals surface area contributed by atoms with Crippen LogP contribution in [0, 0.1) is 11.3 Å². The minimum atomic E-state index is 0.282. The maximum atomic E-state index is 5.99. The summed E-state index contributed by atoms with van der Waals surface area (Å²) in [6.07, 6.45) is 7.05. The molecule has 0 bridgehead atoms. The maximum absolute atomic E-state index is 5.99. The smallest absolute Gasteiger partial charge is 0.147 e. The van der Waals surface area contributed by atoms with E-state index >= 15 is 0 Å². The first kappa shape index (κ1) is 12.4. The zero-order chi connectivity index (χ0) is 12.3. The summed E-state index contributed by atoms with van der Waals surface area (Å²) in [6, 6.07) is 2.01. The summed E-state index contributed by atoms with van der Waals surface area (Å²) in [4.78, 5) is 0. The molecule has 1 fully saturated rings. The van der Waals surface area contributed by atoms with Gasteiger partial charge in [0.1, 0.15) is 5.82 Å². The molecule has 0 radical (unpaired) electrons. The summed E-state index contributed by atoms with van der Waals surface area (Å²) in [6.45, 7) is 4.07. The normalized spacial score (nSPS) is 29.2. The fraction of sp³-hybridized carbons (Fsp3) is 0.769. The summed E-state index contributed by atoms with van der Waals surface area (Å²) < 4.78 is 1.82. The zero-order valence-electron chi connectivity index (χ0n) is 10.9. The average Bonchev–Trinajstić information content (AvgIpc) is 2.75. The molecule has 4 heteroatoms. The molecule has 17 heavy (non-hydrogen) atoms. The van der Waals surface area contributed by atoms with Crippen LogP contribution in [-0.2, 0) is 7.05 Å². The second-order valence-electron chi connectivity index (χ2n) is 5.61. The topological polar surface area (TPSA) is 55.9 Å². The summed E-state index contributed by atoms with van der Waals surface area (Å²) in [5, 5.41) is 7.77. The van der Waals surface area contributed by atoms with Crippen molar-refractivity contribution in [2.24, 2.45) is 24.1 Å². The van der Waals surface area contributed by atoms with Crippen molar-refractivity contribution in [1.29, 1.82) is 0 Å². The van der Waals surface area contributed by atoms with Crippen molar-refractivity contribution in [3.8, 4) is 0 Å². The van der Waals surface area contributed by atoms with Gasteiger partial charge in [0.25, 0.3) is 0 Å². The van der Waals surface area contributed by atoms with Gasteiger partial charge >= 0.3 is 0 Å². The van der Waals surface area contributed by atoms with Crippen molar-refractivity contribution in [2.75, 3.05) is 18.4 Å². The summed E-state index contributed by atoms with van der Waals surface area (Å²) in [7, 11) is 1.94. The summed E-state index contributed by atoms with van der Waals surface area (Å²) in [5.41, 5.74) is 6.27. The third kappa shape index (κ3) is 3.00. The lowest BCUT2D eigenvalue weighted by Gasteiger charge is -2.38. The highest BCUT2D eigenvalue weighted by Crippen LogP contribution is 2.38. The van der Waals surface area contributed by atoms with Crippen molar-refractivity contribution in [3.05, 3.63) is 12.3 Å². The minimum absolute atomic E-state index is 0.282. The largest absolute Gasteiger partial charge is 0.368 e. The van der Waals surface area contributed by atoms with Crippen LogP contribution >= 0.6 is 0 Å². The lowest BCUT2D eigenvalue weighted by molar-refractivity contribution is 0.178. The van der Waals surface area contributed by atoms with Gasteiger partial charge in [-0.2, -0.15) is 5.10 Å². The minimum Gasteiger partial charge on any atom is -0.368 e. The number of aromatic nitrogens is 2. The summed E-state index contributed by atoms with van der Waals surface area (Å²) >= 11 is 0. The summed E-state index contributed by atoms with van der Waals surface area (Å²) in [5.74, 6) is 1.82. The molecule has 2 rings (SSSR count). The number of aryl methyl sites for hydroxylation is 1. The van der Waals surface area contributed by atoms with Crippen molar-refractivity contribution >= 4 is 5.82 Å². The van der Waals surface area contributed by atoms with Gasteiger partial charge in [0.05, 0.1) is 0 Å². The van der Waals surface area contributed by atoms with Gasteiger partial charge in [-0.05, 0) is 30.7 Å². The maximum Gasteiger partial charge on any atom is 0.147 e. The second kappa shape index (κ2) is 5.08. The Kier molecular flexibility index (Phi) is 3.72. The van der Waals surface area contributed by atoms with Crippen LogP contribution in [0.15, 0.2) is 12.3 Å². The number of nitrogens with two attached hydrogens (primary N) is 1. The van der Waals surface area contributed by atoms with E-state index in [2.05, 4.69) is 17.3 Å². The average molecular weight is 236 g/mol. The van der Waals surface area contributed by atoms with Gasteiger partial charge in [0.15, 0.2) is 0 Å². The Morgan fingerprint density at radius 1 is 1.53 bits per heavy atom. The molecule has 1 aliphatic carbocycles. The molecule has 0 atom stereocenters. The van der Waals surface area contributed by atoms with Crippen LogP contribution < -0.4 is 11.1 Å². The van der Waals surface area contributed by atoms with E-state index in [1.165, 1.54) is 25.7 Å². The zero-order valence-corrected chi connectivity index (χ0v) is 10.9. The molecular formula is C13H24N4. The highest BCUT2D eigenvalue weighted by Gasteiger charge is 2.32. The van der Waals surface area contributed by atoms with Crippen molar-refractivity contribution < 1.29 is 0 Å². The van der Waals surface area contributed by atoms with Crippen LogP contribution in [-0.4, -0.2) is 22.9 Å². The standard InChI is InChI=1S/C13H24N4/c1-11-3-6-13(9-14,7-4-11)10-15-12-5-8-17(2)16-12/h5,8,11H,3-4,6-7,9-10,14H2,1-2H3,(H,15,16). The predicted octanol–water partition coefficient (Wildman–Crippen LogP) is 1.99. The Bertz CT molecular complexity index is 350. The number of nitrogens with zero attached hydrogens (tertiary/aromatic N) is 2. The van der Waals surface area contributed by atoms with Gasteiger partial charge in [0, 0.05) is 25.9 Å². The number of nitrogens with one attached hydrogen (secondary N) is 1. The monoisotopic (exact) mass is 236 g/mol. The van der Waals surface area contributed by atoms with Crippen molar-refractivity contribution in [3.63, 3.8) is 0 Å². The Labute approximate surface area is 104 Å². The highest BCUT2D eigenvalue weighted by atomic mass is 15.3. The van der Waals surface area contributed by atoms with E-state index in [4.69, 9.17) is 5.73 Å². The molecule has 0 aliphatic heterocycles. The number of anilines is 1. The van der Waals surface area contributed by atoms with E-state index in [1.807, 2.05) is 24.0 Å². The molecule has 1 saturated carbocycles.